The number of halogens is 2. The van der Waals surface area contributed by atoms with Gasteiger partial charge in [-0.3, -0.25) is 4.79 Å². The Morgan fingerprint density at radius 3 is 2.11 bits per heavy atom. The van der Waals surface area contributed by atoms with Crippen molar-refractivity contribution in [2.75, 3.05) is 7.05 Å². The monoisotopic (exact) mass is 304 g/mol. The zero-order valence-electron chi connectivity index (χ0n) is 11.8. The van der Waals surface area contributed by atoms with Gasteiger partial charge in [0.25, 0.3) is 0 Å². The maximum atomic E-state index is 12.2. The molecule has 0 spiro atoms. The fourth-order valence-electron chi connectivity index (χ4n) is 1.70. The average Bonchev–Trinajstić information content (AvgIpc) is 2.36. The van der Waals surface area contributed by atoms with Crippen molar-refractivity contribution in [1.82, 2.24) is 4.90 Å². The van der Waals surface area contributed by atoms with Crippen LogP contribution in [0.1, 0.15) is 32.4 Å². The number of benzene rings is 1. The number of nitrogens with zero attached hydrogens (tertiary/aromatic N) is 1. The first-order valence-corrected chi connectivity index (χ1v) is 6.50. The molecule has 0 saturated heterocycles. The molecule has 0 saturated carbocycles. The molecule has 0 radical (unpaired) electrons. The predicted molar refractivity (Wildman–Crippen MR) is 82.7 cm³/mol. The molecule has 0 aromatic heterocycles. The third kappa shape index (κ3) is 4.68. The third-order valence-corrected chi connectivity index (χ3v) is 3.71. The highest BCUT2D eigenvalue weighted by Crippen LogP contribution is 2.22. The molecular weight excluding hydrogens is 283 g/mol. The van der Waals surface area contributed by atoms with Crippen LogP contribution >= 0.6 is 24.0 Å². The SMILES string of the molecule is CC(N)C(C)C(=O)N(C)C(C)c1ccc(Cl)cc1.Cl. The number of carbonyl (C=O) groups excluding carboxylic acids is 1. The second-order valence-corrected chi connectivity index (χ2v) is 5.26. The number of rotatable bonds is 4. The molecular formula is C14H22Cl2N2O. The van der Waals surface area contributed by atoms with Gasteiger partial charge >= 0.3 is 0 Å². The topological polar surface area (TPSA) is 46.3 Å². The minimum Gasteiger partial charge on any atom is -0.339 e. The van der Waals surface area contributed by atoms with Crippen LogP contribution in [0.3, 0.4) is 0 Å². The lowest BCUT2D eigenvalue weighted by atomic mass is 10.0. The van der Waals surface area contributed by atoms with E-state index in [1.807, 2.05) is 45.0 Å². The molecule has 5 heteroatoms. The van der Waals surface area contributed by atoms with E-state index in [9.17, 15) is 4.79 Å². The highest BCUT2D eigenvalue weighted by molar-refractivity contribution is 6.30. The number of hydrogen-bond donors (Lipinski definition) is 1. The Morgan fingerprint density at radius 1 is 1.21 bits per heavy atom. The second-order valence-electron chi connectivity index (χ2n) is 4.82. The average molecular weight is 305 g/mol. The normalized spacial score (nSPS) is 15.1. The lowest BCUT2D eigenvalue weighted by molar-refractivity contribution is -0.136. The van der Waals surface area contributed by atoms with Crippen molar-refractivity contribution in [3.05, 3.63) is 34.9 Å². The summed E-state index contributed by atoms with van der Waals surface area (Å²) in [5.74, 6) is -0.114. The van der Waals surface area contributed by atoms with E-state index in [4.69, 9.17) is 17.3 Å². The van der Waals surface area contributed by atoms with E-state index in [2.05, 4.69) is 0 Å². The molecule has 0 bridgehead atoms. The van der Waals surface area contributed by atoms with E-state index >= 15 is 0 Å². The van der Waals surface area contributed by atoms with Gasteiger partial charge in [0, 0.05) is 18.1 Å². The fraction of sp³-hybridized carbons (Fsp3) is 0.500. The minimum absolute atomic E-state index is 0. The summed E-state index contributed by atoms with van der Waals surface area (Å²) in [6.45, 7) is 5.70. The number of amides is 1. The van der Waals surface area contributed by atoms with Crippen molar-refractivity contribution in [3.8, 4) is 0 Å². The summed E-state index contributed by atoms with van der Waals surface area (Å²) in [6, 6.07) is 7.41. The maximum Gasteiger partial charge on any atom is 0.227 e. The van der Waals surface area contributed by atoms with Crippen molar-refractivity contribution in [3.63, 3.8) is 0 Å². The van der Waals surface area contributed by atoms with Gasteiger partial charge in [-0.25, -0.2) is 0 Å². The maximum absolute atomic E-state index is 12.2. The van der Waals surface area contributed by atoms with Crippen molar-refractivity contribution < 1.29 is 4.79 Å². The fourth-order valence-corrected chi connectivity index (χ4v) is 1.83. The van der Waals surface area contributed by atoms with Crippen molar-refractivity contribution in [2.45, 2.75) is 32.9 Å². The largest absolute Gasteiger partial charge is 0.339 e. The van der Waals surface area contributed by atoms with E-state index in [0.29, 0.717) is 5.02 Å². The highest BCUT2D eigenvalue weighted by Gasteiger charge is 2.24. The number of hydrogen-bond acceptors (Lipinski definition) is 2. The first-order valence-electron chi connectivity index (χ1n) is 6.12. The van der Waals surface area contributed by atoms with Crippen LogP contribution in [0, 0.1) is 5.92 Å². The quantitative estimate of drug-likeness (QED) is 0.928. The van der Waals surface area contributed by atoms with Crippen LogP contribution in [0.4, 0.5) is 0 Å². The van der Waals surface area contributed by atoms with Crippen LogP contribution in [0.15, 0.2) is 24.3 Å². The molecule has 19 heavy (non-hydrogen) atoms. The van der Waals surface area contributed by atoms with E-state index < -0.39 is 0 Å². The molecule has 0 aliphatic rings. The Labute approximate surface area is 126 Å². The molecule has 1 aromatic rings. The van der Waals surface area contributed by atoms with Crippen LogP contribution in [0.25, 0.3) is 0 Å². The molecule has 0 fully saturated rings. The standard InChI is InChI=1S/C14H21ClN2O.ClH/c1-9(10(2)16)14(18)17(4)11(3)12-5-7-13(15)8-6-12;/h5-11H,16H2,1-4H3;1H. The molecule has 3 unspecified atom stereocenters. The van der Waals surface area contributed by atoms with Gasteiger partial charge < -0.3 is 10.6 Å². The molecule has 1 amide bonds. The Morgan fingerprint density at radius 2 is 1.68 bits per heavy atom. The third-order valence-electron chi connectivity index (χ3n) is 3.46. The molecule has 108 valence electrons. The second kappa shape index (κ2) is 7.73. The summed E-state index contributed by atoms with van der Waals surface area (Å²) in [7, 11) is 1.81. The minimum atomic E-state index is -0.176. The van der Waals surface area contributed by atoms with E-state index in [-0.39, 0.29) is 36.3 Å². The first-order chi connectivity index (χ1) is 8.34. The smallest absolute Gasteiger partial charge is 0.227 e. The van der Waals surface area contributed by atoms with Crippen LogP contribution in [-0.4, -0.2) is 23.9 Å². The summed E-state index contributed by atoms with van der Waals surface area (Å²) in [4.78, 5) is 13.9. The van der Waals surface area contributed by atoms with Gasteiger partial charge in [-0.2, -0.15) is 0 Å². The van der Waals surface area contributed by atoms with Gasteiger partial charge in [0.05, 0.1) is 12.0 Å². The van der Waals surface area contributed by atoms with Gasteiger partial charge in [-0.15, -0.1) is 12.4 Å². The molecule has 0 aliphatic heterocycles. The van der Waals surface area contributed by atoms with Crippen LogP contribution in [-0.2, 0) is 4.79 Å². The zero-order chi connectivity index (χ0) is 13.9. The first kappa shape index (κ1) is 18.2. The van der Waals surface area contributed by atoms with Crippen molar-refractivity contribution in [1.29, 1.82) is 0 Å². The Bertz CT molecular complexity index is 406. The molecule has 0 heterocycles. The Balaban J connectivity index is 0.00000324. The molecule has 2 N–H and O–H groups in total. The molecule has 3 atom stereocenters. The lowest BCUT2D eigenvalue weighted by Crippen LogP contribution is -2.40. The molecule has 0 aliphatic carbocycles. The summed E-state index contributed by atoms with van der Waals surface area (Å²) < 4.78 is 0. The molecule has 1 rings (SSSR count). The highest BCUT2D eigenvalue weighted by atomic mass is 35.5. The Hall–Kier alpha value is -0.770. The number of carbonyl (C=O) groups is 1. The van der Waals surface area contributed by atoms with Crippen LogP contribution in [0.2, 0.25) is 5.02 Å². The summed E-state index contributed by atoms with van der Waals surface area (Å²) >= 11 is 5.85. The van der Waals surface area contributed by atoms with Crippen molar-refractivity contribution in [2.24, 2.45) is 11.7 Å². The molecule has 1 aromatic carbocycles. The molecule has 3 nitrogen and oxygen atoms in total. The van der Waals surface area contributed by atoms with Crippen LogP contribution in [0.5, 0.6) is 0 Å². The summed E-state index contributed by atoms with van der Waals surface area (Å²) in [5.41, 5.74) is 6.83. The van der Waals surface area contributed by atoms with Gasteiger partial charge in [0.1, 0.15) is 0 Å². The van der Waals surface area contributed by atoms with Gasteiger partial charge in [0.15, 0.2) is 0 Å². The predicted octanol–water partition coefficient (Wildman–Crippen LogP) is 3.26. The van der Waals surface area contributed by atoms with E-state index in [1.165, 1.54) is 0 Å². The van der Waals surface area contributed by atoms with Crippen LogP contribution < -0.4 is 5.73 Å². The Kier molecular flexibility index (Phi) is 7.42. The number of nitrogens with two attached hydrogens (primary N) is 1. The van der Waals surface area contributed by atoms with Gasteiger partial charge in [0.2, 0.25) is 5.91 Å². The summed E-state index contributed by atoms with van der Waals surface area (Å²) in [5, 5.41) is 0.698. The van der Waals surface area contributed by atoms with Crippen molar-refractivity contribution >= 4 is 29.9 Å². The van der Waals surface area contributed by atoms with Gasteiger partial charge in [-0.1, -0.05) is 30.7 Å². The lowest BCUT2D eigenvalue weighted by Gasteiger charge is -2.29. The zero-order valence-corrected chi connectivity index (χ0v) is 13.3. The van der Waals surface area contributed by atoms with E-state index in [1.54, 1.807) is 11.9 Å². The summed E-state index contributed by atoms with van der Waals surface area (Å²) in [6.07, 6.45) is 0. The van der Waals surface area contributed by atoms with E-state index in [0.717, 1.165) is 5.56 Å². The van der Waals surface area contributed by atoms with Gasteiger partial charge in [-0.05, 0) is 31.5 Å².